The zero-order valence-corrected chi connectivity index (χ0v) is 14.4. The molecule has 7 heteroatoms. The summed E-state index contributed by atoms with van der Waals surface area (Å²) in [5, 5.41) is 7.64. The largest absolute Gasteiger partial charge is 0.480 e. The molecule has 0 saturated heterocycles. The molecule has 132 valence electrons. The summed E-state index contributed by atoms with van der Waals surface area (Å²) in [6.07, 6.45) is 3.18. The van der Waals surface area contributed by atoms with Gasteiger partial charge >= 0.3 is 0 Å². The minimum absolute atomic E-state index is 0.237. The lowest BCUT2D eigenvalue weighted by molar-refractivity contribution is -0.122. The van der Waals surface area contributed by atoms with Crippen LogP contribution < -0.4 is 10.1 Å². The van der Waals surface area contributed by atoms with Crippen molar-refractivity contribution in [1.82, 2.24) is 9.78 Å². The molecule has 0 fully saturated rings. The molecule has 0 bridgehead atoms. The van der Waals surface area contributed by atoms with Crippen molar-refractivity contribution in [3.8, 4) is 5.75 Å². The summed E-state index contributed by atoms with van der Waals surface area (Å²) in [5.74, 6) is 0.168. The average molecular weight is 372 g/mol. The fourth-order valence-corrected chi connectivity index (χ4v) is 3.07. The van der Waals surface area contributed by atoms with E-state index >= 15 is 0 Å². The number of carbonyl (C=O) groups excluding carboxylic acids is 1. The second-order valence-electron chi connectivity index (χ2n) is 6.10. The summed E-state index contributed by atoms with van der Waals surface area (Å²) in [6.45, 7) is 0.486. The highest BCUT2D eigenvalue weighted by atomic mass is 35.5. The van der Waals surface area contributed by atoms with Gasteiger partial charge in [-0.3, -0.25) is 9.48 Å². The van der Waals surface area contributed by atoms with Crippen molar-refractivity contribution < 1.29 is 13.9 Å². The lowest BCUT2D eigenvalue weighted by Gasteiger charge is -2.09. The minimum atomic E-state index is -0.594. The Labute approximate surface area is 154 Å². The van der Waals surface area contributed by atoms with E-state index in [1.807, 2.05) is 6.07 Å². The van der Waals surface area contributed by atoms with Gasteiger partial charge in [0.1, 0.15) is 11.6 Å². The Morgan fingerprint density at radius 2 is 2.12 bits per heavy atom. The maximum atomic E-state index is 13.0. The topological polar surface area (TPSA) is 56.2 Å². The van der Waals surface area contributed by atoms with Crippen LogP contribution in [-0.2, 0) is 17.8 Å². The predicted octanol–water partition coefficient (Wildman–Crippen LogP) is 3.67. The molecule has 1 N–H and O–H groups in total. The van der Waals surface area contributed by atoms with Gasteiger partial charge in [0, 0.05) is 17.6 Å². The van der Waals surface area contributed by atoms with Crippen LogP contribution in [0, 0.1) is 5.82 Å². The number of ether oxygens (including phenoxy) is 1. The monoisotopic (exact) mass is 371 g/mol. The Morgan fingerprint density at radius 1 is 1.31 bits per heavy atom. The molecule has 1 aromatic heterocycles. The van der Waals surface area contributed by atoms with Crippen molar-refractivity contribution in [2.24, 2.45) is 0 Å². The van der Waals surface area contributed by atoms with Gasteiger partial charge < -0.3 is 10.1 Å². The highest BCUT2D eigenvalue weighted by molar-refractivity contribution is 6.30. The number of hydrogen-bond acceptors (Lipinski definition) is 3. The normalized spacial score (nSPS) is 15.4. The molecule has 2 heterocycles. The number of nitrogens with one attached hydrogen (secondary N) is 1. The second-order valence-corrected chi connectivity index (χ2v) is 6.54. The molecule has 0 spiro atoms. The number of aromatic nitrogens is 2. The number of rotatable bonds is 4. The first-order chi connectivity index (χ1) is 12.6. The van der Waals surface area contributed by atoms with Gasteiger partial charge in [-0.15, -0.1) is 0 Å². The van der Waals surface area contributed by atoms with Gasteiger partial charge in [0.2, 0.25) is 0 Å². The van der Waals surface area contributed by atoms with E-state index in [4.69, 9.17) is 16.3 Å². The molecule has 0 aliphatic carbocycles. The highest BCUT2D eigenvalue weighted by Gasteiger charge is 2.29. The number of hydrogen-bond donors (Lipinski definition) is 1. The van der Waals surface area contributed by atoms with Crippen LogP contribution in [0.3, 0.4) is 0 Å². The Kier molecular flexibility index (Phi) is 4.34. The lowest BCUT2D eigenvalue weighted by Crippen LogP contribution is -2.31. The Bertz CT molecular complexity index is 956. The highest BCUT2D eigenvalue weighted by Crippen LogP contribution is 2.31. The van der Waals surface area contributed by atoms with Crippen LogP contribution >= 0.6 is 11.6 Å². The van der Waals surface area contributed by atoms with Crippen molar-refractivity contribution in [1.29, 1.82) is 0 Å². The number of nitrogens with zero attached hydrogens (tertiary/aromatic N) is 2. The third-order valence-corrected chi connectivity index (χ3v) is 4.38. The lowest BCUT2D eigenvalue weighted by atomic mass is 10.1. The van der Waals surface area contributed by atoms with E-state index in [9.17, 15) is 9.18 Å². The Balaban J connectivity index is 1.38. The first-order valence-corrected chi connectivity index (χ1v) is 8.47. The molecule has 1 unspecified atom stereocenters. The number of halogens is 2. The molecule has 0 radical (unpaired) electrons. The van der Waals surface area contributed by atoms with Crippen molar-refractivity contribution >= 4 is 23.2 Å². The maximum Gasteiger partial charge on any atom is 0.265 e. The van der Waals surface area contributed by atoms with E-state index in [-0.39, 0.29) is 11.7 Å². The smallest absolute Gasteiger partial charge is 0.265 e. The predicted molar refractivity (Wildman–Crippen MR) is 95.9 cm³/mol. The van der Waals surface area contributed by atoms with E-state index in [0.717, 1.165) is 11.1 Å². The quantitative estimate of drug-likeness (QED) is 0.761. The van der Waals surface area contributed by atoms with Crippen LogP contribution in [0.5, 0.6) is 5.75 Å². The Morgan fingerprint density at radius 3 is 2.92 bits per heavy atom. The van der Waals surface area contributed by atoms with E-state index in [1.165, 1.54) is 12.1 Å². The third kappa shape index (κ3) is 3.55. The van der Waals surface area contributed by atoms with Gasteiger partial charge in [0.15, 0.2) is 6.10 Å². The molecule has 1 aliphatic rings. The fraction of sp³-hybridized carbons (Fsp3) is 0.158. The molecule has 26 heavy (non-hydrogen) atoms. The molecule has 2 aromatic carbocycles. The van der Waals surface area contributed by atoms with Crippen LogP contribution in [0.2, 0.25) is 5.02 Å². The molecule has 5 nitrogen and oxygen atoms in total. The van der Waals surface area contributed by atoms with Crippen molar-refractivity contribution in [2.75, 3.05) is 5.32 Å². The average Bonchev–Trinajstić information content (AvgIpc) is 3.23. The number of carbonyl (C=O) groups is 1. The summed E-state index contributed by atoms with van der Waals surface area (Å²) < 4.78 is 20.3. The Hall–Kier alpha value is -2.86. The zero-order valence-electron chi connectivity index (χ0n) is 13.7. The van der Waals surface area contributed by atoms with Crippen molar-refractivity contribution in [3.05, 3.63) is 76.8 Å². The molecule has 0 saturated carbocycles. The number of anilines is 1. The van der Waals surface area contributed by atoms with Gasteiger partial charge in [0.25, 0.3) is 5.91 Å². The number of amides is 1. The summed E-state index contributed by atoms with van der Waals surface area (Å²) in [6, 6.07) is 11.5. The van der Waals surface area contributed by atoms with Gasteiger partial charge in [-0.1, -0.05) is 23.7 Å². The summed E-state index contributed by atoms with van der Waals surface area (Å²) in [7, 11) is 0. The summed E-state index contributed by atoms with van der Waals surface area (Å²) in [5.41, 5.74) is 2.41. The van der Waals surface area contributed by atoms with E-state index in [0.29, 0.717) is 29.4 Å². The van der Waals surface area contributed by atoms with E-state index in [1.54, 1.807) is 41.3 Å². The van der Waals surface area contributed by atoms with Gasteiger partial charge in [-0.25, -0.2) is 4.39 Å². The van der Waals surface area contributed by atoms with Gasteiger partial charge in [-0.2, -0.15) is 5.10 Å². The van der Waals surface area contributed by atoms with Crippen LogP contribution in [0.1, 0.15) is 11.1 Å². The van der Waals surface area contributed by atoms with E-state index < -0.39 is 6.10 Å². The molecule has 1 atom stereocenters. The van der Waals surface area contributed by atoms with Crippen LogP contribution in [0.15, 0.2) is 54.9 Å². The molecular weight excluding hydrogens is 357 g/mol. The molecular formula is C19H15ClFN3O2. The first-order valence-electron chi connectivity index (χ1n) is 8.10. The van der Waals surface area contributed by atoms with Crippen molar-refractivity contribution in [2.45, 2.75) is 19.1 Å². The molecule has 3 aromatic rings. The van der Waals surface area contributed by atoms with Crippen LogP contribution in [-0.4, -0.2) is 21.8 Å². The standard InChI is InChI=1S/C19H15ClFN3O2/c20-14-3-6-17-13(7-14)8-18(26-17)19(25)23-16-9-22-24(11-16)10-12-1-4-15(21)5-2-12/h1-7,9,11,18H,8,10H2,(H,23,25). The number of benzene rings is 2. The van der Waals surface area contributed by atoms with Crippen molar-refractivity contribution in [3.63, 3.8) is 0 Å². The molecule has 1 amide bonds. The molecule has 4 rings (SSSR count). The van der Waals surface area contributed by atoms with Crippen LogP contribution in [0.25, 0.3) is 0 Å². The third-order valence-electron chi connectivity index (χ3n) is 4.15. The molecule has 1 aliphatic heterocycles. The van der Waals surface area contributed by atoms with E-state index in [2.05, 4.69) is 10.4 Å². The number of fused-ring (bicyclic) bond motifs is 1. The summed E-state index contributed by atoms with van der Waals surface area (Å²) >= 11 is 5.97. The second kappa shape index (κ2) is 6.80. The summed E-state index contributed by atoms with van der Waals surface area (Å²) in [4.78, 5) is 12.4. The van der Waals surface area contributed by atoms with Gasteiger partial charge in [0.05, 0.1) is 18.4 Å². The fourth-order valence-electron chi connectivity index (χ4n) is 2.88. The maximum absolute atomic E-state index is 13.0. The minimum Gasteiger partial charge on any atom is -0.480 e. The SMILES string of the molecule is O=C(Nc1cnn(Cc2ccc(F)cc2)c1)C1Cc2cc(Cl)ccc2O1. The van der Waals surface area contributed by atoms with Gasteiger partial charge in [-0.05, 0) is 41.5 Å². The zero-order chi connectivity index (χ0) is 18.1. The van der Waals surface area contributed by atoms with Crippen LogP contribution in [0.4, 0.5) is 10.1 Å². The first kappa shape index (κ1) is 16.6.